The van der Waals surface area contributed by atoms with E-state index in [0.29, 0.717) is 18.7 Å². The number of nitrogen functional groups attached to an aromatic ring is 1. The van der Waals surface area contributed by atoms with E-state index in [1.165, 1.54) is 0 Å². The minimum atomic E-state index is -0.450. The van der Waals surface area contributed by atoms with Gasteiger partial charge in [-0.2, -0.15) is 0 Å². The van der Waals surface area contributed by atoms with Crippen LogP contribution in [0.4, 0.5) is 14.6 Å². The molecule has 0 aliphatic heterocycles. The van der Waals surface area contributed by atoms with Crippen molar-refractivity contribution in [2.75, 3.05) is 32.3 Å². The van der Waals surface area contributed by atoms with E-state index < -0.39 is 13.3 Å². The molecule has 0 saturated carbocycles. The van der Waals surface area contributed by atoms with Gasteiger partial charge in [0.05, 0.1) is 37.3 Å². The largest absolute Gasteiger partial charge is 0.384 e. The van der Waals surface area contributed by atoms with Crippen molar-refractivity contribution in [3.8, 4) is 5.82 Å². The van der Waals surface area contributed by atoms with Crippen LogP contribution in [0.15, 0.2) is 48.5 Å². The molecule has 3 heterocycles. The summed E-state index contributed by atoms with van der Waals surface area (Å²) in [6.07, 6.45) is 1.29. The first-order valence-corrected chi connectivity index (χ1v) is 12.0. The molecule has 0 aromatic carbocycles. The lowest BCUT2D eigenvalue weighted by atomic mass is 10.2. The molecule has 2 atom stereocenters. The third-order valence-corrected chi connectivity index (χ3v) is 5.07. The molecule has 0 saturated heterocycles. The number of aryl methyl sites for hydroxylation is 2. The highest BCUT2D eigenvalue weighted by Gasteiger charge is 2.09. The molecule has 0 radical (unpaired) electrons. The average Bonchev–Trinajstić information content (AvgIpc) is 3.21. The molecule has 3 aromatic heterocycles. The molecule has 0 aliphatic carbocycles. The van der Waals surface area contributed by atoms with Crippen LogP contribution in [0.25, 0.3) is 5.82 Å². The number of alkyl halides is 2. The third kappa shape index (κ3) is 12.9. The predicted octanol–water partition coefficient (Wildman–Crippen LogP) is 5.28. The monoisotopic (exact) mass is 543 g/mol. The first-order chi connectivity index (χ1) is 17.3. The molecule has 0 fully saturated rings. The minimum absolute atomic E-state index is 0. The molecule has 0 amide bonds. The number of rotatable bonds is 11. The maximum absolute atomic E-state index is 12.1. The second-order valence-corrected chi connectivity index (χ2v) is 8.14. The van der Waals surface area contributed by atoms with Gasteiger partial charge in [0.1, 0.15) is 25.0 Å². The van der Waals surface area contributed by atoms with E-state index in [-0.39, 0.29) is 31.6 Å². The van der Waals surface area contributed by atoms with Gasteiger partial charge in [-0.1, -0.05) is 12.1 Å². The van der Waals surface area contributed by atoms with Crippen LogP contribution in [0, 0.1) is 13.8 Å². The molecule has 6 N–H and O–H groups in total. The van der Waals surface area contributed by atoms with E-state index in [1.54, 1.807) is 6.07 Å². The van der Waals surface area contributed by atoms with Crippen LogP contribution in [-0.4, -0.2) is 58.0 Å². The van der Waals surface area contributed by atoms with Crippen LogP contribution < -0.4 is 11.9 Å². The van der Waals surface area contributed by atoms with Crippen molar-refractivity contribution in [3.05, 3.63) is 71.3 Å². The van der Waals surface area contributed by atoms with Crippen LogP contribution in [-0.2, 0) is 22.3 Å². The van der Waals surface area contributed by atoms with Crippen molar-refractivity contribution >= 4 is 17.7 Å². The Kier molecular flexibility index (Phi) is 18.1. The molecule has 3 aromatic rings. The van der Waals surface area contributed by atoms with E-state index in [0.717, 1.165) is 28.6 Å². The van der Waals surface area contributed by atoms with Crippen molar-refractivity contribution in [2.24, 2.45) is 0 Å². The molecule has 208 valence electrons. The van der Waals surface area contributed by atoms with Crippen LogP contribution in [0.2, 0.25) is 0 Å². The van der Waals surface area contributed by atoms with Gasteiger partial charge in [0.2, 0.25) is 0 Å². The summed E-state index contributed by atoms with van der Waals surface area (Å²) in [6.45, 7) is 7.35. The van der Waals surface area contributed by atoms with Crippen LogP contribution in [0.1, 0.15) is 36.6 Å². The van der Waals surface area contributed by atoms with Gasteiger partial charge >= 0.3 is 0 Å². The van der Waals surface area contributed by atoms with E-state index in [4.69, 9.17) is 19.9 Å². The van der Waals surface area contributed by atoms with Crippen molar-refractivity contribution in [3.63, 3.8) is 0 Å². The summed E-state index contributed by atoms with van der Waals surface area (Å²) in [7, 11) is 0. The zero-order valence-corrected chi connectivity index (χ0v) is 22.8. The summed E-state index contributed by atoms with van der Waals surface area (Å²) in [5.41, 5.74) is 9.68. The topological polar surface area (TPSA) is 130 Å². The van der Waals surface area contributed by atoms with Gasteiger partial charge in [0, 0.05) is 35.6 Å². The van der Waals surface area contributed by atoms with Crippen LogP contribution in [0.3, 0.4) is 0 Å². The average molecular weight is 544 g/mol. The molecule has 37 heavy (non-hydrogen) atoms. The Morgan fingerprint density at radius 2 is 1.30 bits per heavy atom. The summed E-state index contributed by atoms with van der Waals surface area (Å²) in [4.78, 5) is 8.80. The predicted molar refractivity (Wildman–Crippen MR) is 145 cm³/mol. The van der Waals surface area contributed by atoms with Gasteiger partial charge in [0.15, 0.2) is 0 Å². The molecule has 0 bridgehead atoms. The van der Waals surface area contributed by atoms with Gasteiger partial charge in [0.25, 0.3) is 0 Å². The summed E-state index contributed by atoms with van der Waals surface area (Å²) in [6, 6.07) is 15.6. The zero-order valence-electron chi connectivity index (χ0n) is 22.0. The highest BCUT2D eigenvalue weighted by Crippen LogP contribution is 2.15. The number of pyridine rings is 2. The number of hydrogen-bond donors (Lipinski definition) is 3. The van der Waals surface area contributed by atoms with Crippen molar-refractivity contribution in [2.45, 2.75) is 52.7 Å². The lowest BCUT2D eigenvalue weighted by molar-refractivity contribution is 0.0560. The quantitative estimate of drug-likeness (QED) is 0.300. The molecule has 11 heteroatoms. The smallest absolute Gasteiger partial charge is 0.137 e. The van der Waals surface area contributed by atoms with Crippen LogP contribution in [0.5, 0.6) is 0 Å². The number of ether oxygens (including phenoxy) is 2. The van der Waals surface area contributed by atoms with Crippen molar-refractivity contribution in [1.82, 2.24) is 20.7 Å². The lowest BCUT2D eigenvalue weighted by Crippen LogP contribution is -2.15. The Morgan fingerprint density at radius 3 is 1.76 bits per heavy atom. The van der Waals surface area contributed by atoms with E-state index >= 15 is 0 Å². The number of anilines is 1. The molecular weight excluding hydrogens is 504 g/mol. The second-order valence-electron chi connectivity index (χ2n) is 8.14. The molecule has 3 rings (SSSR count). The normalized spacial score (nSPS) is 11.8. The standard InChI is InChI=1S/C16H21FN2O.C10H15FN2O.ClHO.H3N/c1-12-7-8-13(2)19(12)16-6-4-5-15(18-16)11-14(3)20-10-9-17;1-8(14-6-5-11)7-9-3-2-4-10(12)13-9;1-2;/h4-8,14H,9-11H2,1-3H3;2-4,8H,5-7H2,1H3,(H2,12,13);2H;1H3. The Hall–Kier alpha value is -2.63. The number of nitrogens with zero attached hydrogens (tertiary/aromatic N) is 3. The highest BCUT2D eigenvalue weighted by molar-refractivity contribution is 6.04. The van der Waals surface area contributed by atoms with E-state index in [9.17, 15) is 8.78 Å². The fourth-order valence-corrected chi connectivity index (χ4v) is 3.55. The van der Waals surface area contributed by atoms with Gasteiger partial charge in [-0.15, -0.1) is 0 Å². The summed E-state index contributed by atoms with van der Waals surface area (Å²) in [5, 5.41) is 0. The minimum Gasteiger partial charge on any atom is -0.384 e. The molecule has 8 nitrogen and oxygen atoms in total. The fraction of sp³-hybridized carbons (Fsp3) is 0.462. The van der Waals surface area contributed by atoms with Gasteiger partial charge in [-0.05, 0) is 64.1 Å². The maximum atomic E-state index is 12.1. The lowest BCUT2D eigenvalue weighted by Gasteiger charge is -2.13. The summed E-state index contributed by atoms with van der Waals surface area (Å²) in [5.74, 6) is 1.42. The first kappa shape index (κ1) is 34.4. The number of hydrogen-bond acceptors (Lipinski definition) is 7. The number of aromatic nitrogens is 3. The van der Waals surface area contributed by atoms with Gasteiger partial charge < -0.3 is 25.9 Å². The molecule has 0 aliphatic rings. The van der Waals surface area contributed by atoms with Crippen LogP contribution >= 0.6 is 11.9 Å². The molecule has 0 spiro atoms. The number of halogens is 3. The van der Waals surface area contributed by atoms with Gasteiger partial charge in [-0.25, -0.2) is 18.7 Å². The fourth-order valence-electron chi connectivity index (χ4n) is 3.55. The Morgan fingerprint density at radius 1 is 0.838 bits per heavy atom. The SMILES string of the molecule is CC(Cc1cccc(N)n1)OCCF.Cc1ccc(C)n1-c1cccc(CC(C)OCCF)n1.N.OCl. The van der Waals surface area contributed by atoms with Crippen molar-refractivity contribution < 1.29 is 22.9 Å². The first-order valence-electron chi connectivity index (χ1n) is 11.7. The summed E-state index contributed by atoms with van der Waals surface area (Å²) < 4.78 is 43.0. The van der Waals surface area contributed by atoms with Gasteiger partial charge in [-0.3, -0.25) is 4.66 Å². The van der Waals surface area contributed by atoms with E-state index in [1.807, 2.05) is 44.2 Å². The number of nitrogens with two attached hydrogens (primary N) is 1. The Bertz CT molecular complexity index is 990. The Balaban J connectivity index is 0.000000674. The maximum Gasteiger partial charge on any atom is 0.137 e. The molecule has 2 unspecified atom stereocenters. The van der Waals surface area contributed by atoms with E-state index in [2.05, 4.69) is 52.4 Å². The highest BCUT2D eigenvalue weighted by atomic mass is 35.5. The third-order valence-electron chi connectivity index (χ3n) is 5.07. The molecular formula is C26H40ClF2N5O3. The zero-order chi connectivity index (χ0) is 26.9. The Labute approximate surface area is 223 Å². The van der Waals surface area contributed by atoms with Crippen molar-refractivity contribution in [1.29, 1.82) is 0 Å². The second kappa shape index (κ2) is 19.5. The summed E-state index contributed by atoms with van der Waals surface area (Å²) >= 11 is 3.64.